The van der Waals surface area contributed by atoms with Crippen molar-refractivity contribution >= 4 is 106 Å². The van der Waals surface area contributed by atoms with Gasteiger partial charge in [-0.2, -0.15) is 0 Å². The second-order valence-corrected chi connectivity index (χ2v) is 50.2. The first-order valence-electron chi connectivity index (χ1n) is 25.4. The number of hydrogen-bond donors (Lipinski definition) is 0. The standard InChI is InChI=1S/C27H37NS3.6C4H9.2Sn/c1-3-5-7-9-11-13-15-21(16-14-12-10-8-6-4-2)28-22-17-19-29-25(22)27-24(28)26-23(31-27)18-20-30-26;6*1-3-4-2;;/h17-18,21H,3-16H2,1-2H3;6*1,3-4H2,2H3;;. The maximum absolute atomic E-state index is 3.10. The van der Waals surface area contributed by atoms with E-state index < -0.39 is 36.8 Å². The summed E-state index contributed by atoms with van der Waals surface area (Å²) in [7, 11) is 0. The Morgan fingerprint density at radius 1 is 0.404 bits per heavy atom. The van der Waals surface area contributed by atoms with Crippen LogP contribution in [0, 0.1) is 0 Å². The average Bonchev–Trinajstić information content (AvgIpc) is 3.99. The topological polar surface area (TPSA) is 4.93 Å². The van der Waals surface area contributed by atoms with Crippen LogP contribution < -0.4 is 5.79 Å². The molecule has 0 aliphatic heterocycles. The minimum atomic E-state index is -2.58. The van der Waals surface area contributed by atoms with Gasteiger partial charge >= 0.3 is 364 Å². The van der Waals surface area contributed by atoms with Crippen molar-refractivity contribution in [1.82, 2.24) is 4.57 Å². The number of nitrogens with zero attached hydrogens (tertiary/aromatic N) is 1. The van der Waals surface area contributed by atoms with Crippen molar-refractivity contribution in [1.29, 1.82) is 0 Å². The summed E-state index contributed by atoms with van der Waals surface area (Å²) in [4.78, 5) is 0. The molecule has 0 radical (unpaired) electrons. The molecule has 326 valence electrons. The molecule has 0 aromatic carbocycles. The van der Waals surface area contributed by atoms with Crippen molar-refractivity contribution in [3.8, 4) is 0 Å². The molecular formula is C51H91NS3Sn2. The fraction of sp³-hybridized carbons (Fsp3) is 0.804. The van der Waals surface area contributed by atoms with Gasteiger partial charge in [-0.25, -0.2) is 0 Å². The second kappa shape index (κ2) is 27.7. The molecule has 0 aliphatic rings. The summed E-state index contributed by atoms with van der Waals surface area (Å²) in [5.74, 6) is 0. The number of fused-ring (bicyclic) bond motifs is 5. The molecule has 4 rings (SSSR count). The Morgan fingerprint density at radius 3 is 1.19 bits per heavy atom. The zero-order chi connectivity index (χ0) is 40.9. The molecule has 0 unspecified atom stereocenters. The molecule has 0 atom stereocenters. The number of hydrogen-bond acceptors (Lipinski definition) is 3. The molecule has 0 bridgehead atoms. The SMILES string of the molecule is CCCCCCCCC(CCCCCCCC)n1c2c[c]([Sn]([CH2]CCC)([CH2]CCC)[CH2]CCC)sc2c2sc3c[c]([Sn]([CH2]CCC)([CH2]CCC)[CH2]CCC)sc3c21. The van der Waals surface area contributed by atoms with Gasteiger partial charge in [0.1, 0.15) is 0 Å². The van der Waals surface area contributed by atoms with Crippen molar-refractivity contribution in [2.45, 2.75) is 255 Å². The first-order chi connectivity index (χ1) is 27.9. The van der Waals surface area contributed by atoms with Crippen LogP contribution in [0.3, 0.4) is 0 Å². The van der Waals surface area contributed by atoms with Gasteiger partial charge < -0.3 is 0 Å². The Balaban J connectivity index is 1.94. The molecule has 4 heterocycles. The molecule has 57 heavy (non-hydrogen) atoms. The van der Waals surface area contributed by atoms with E-state index >= 15 is 0 Å². The summed E-state index contributed by atoms with van der Waals surface area (Å²) in [6, 6.07) is 6.43. The number of rotatable bonds is 35. The van der Waals surface area contributed by atoms with Crippen LogP contribution in [0.1, 0.15) is 228 Å². The Bertz CT molecular complexity index is 1580. The van der Waals surface area contributed by atoms with E-state index in [2.05, 4.69) is 106 Å². The molecule has 1 nitrogen and oxygen atoms in total. The van der Waals surface area contributed by atoms with Crippen LogP contribution in [0.15, 0.2) is 12.1 Å². The molecule has 0 spiro atoms. The second-order valence-electron chi connectivity index (χ2n) is 18.7. The first kappa shape index (κ1) is 50.4. The van der Waals surface area contributed by atoms with Gasteiger partial charge in [0.15, 0.2) is 0 Å². The molecule has 0 N–H and O–H groups in total. The Kier molecular flexibility index (Phi) is 24.5. The van der Waals surface area contributed by atoms with E-state index in [1.807, 2.05) is 5.79 Å². The van der Waals surface area contributed by atoms with Gasteiger partial charge in [-0.1, -0.05) is 13.8 Å². The quantitative estimate of drug-likeness (QED) is 0.0320. The third kappa shape index (κ3) is 13.9. The van der Waals surface area contributed by atoms with Gasteiger partial charge in [-0.15, -0.1) is 0 Å². The summed E-state index contributed by atoms with van der Waals surface area (Å²) >= 11 is 1.85. The van der Waals surface area contributed by atoms with Crippen LogP contribution in [0.25, 0.3) is 29.8 Å². The van der Waals surface area contributed by atoms with Crippen molar-refractivity contribution in [2.75, 3.05) is 0 Å². The third-order valence-corrected chi connectivity index (χ3v) is 54.1. The molecule has 6 heteroatoms. The predicted molar refractivity (Wildman–Crippen MR) is 275 cm³/mol. The maximum atomic E-state index is 3.10. The predicted octanol–water partition coefficient (Wildman–Crippen LogP) is 19.3. The molecule has 4 aromatic heterocycles. The van der Waals surface area contributed by atoms with E-state index in [4.69, 9.17) is 0 Å². The molecule has 0 amide bonds. The Morgan fingerprint density at radius 2 is 0.772 bits per heavy atom. The van der Waals surface area contributed by atoms with Crippen LogP contribution in [-0.4, -0.2) is 41.3 Å². The number of unbranched alkanes of at least 4 members (excludes halogenated alkanes) is 16. The normalized spacial score (nSPS) is 12.9. The Hall–Kier alpha value is 0.757. The van der Waals surface area contributed by atoms with Crippen molar-refractivity contribution < 1.29 is 0 Å². The van der Waals surface area contributed by atoms with E-state index in [1.165, 1.54) is 167 Å². The molecule has 0 saturated carbocycles. The fourth-order valence-corrected chi connectivity index (χ4v) is 52.7. The fourth-order valence-electron chi connectivity index (χ4n) is 10.3. The van der Waals surface area contributed by atoms with E-state index in [0.717, 1.165) is 0 Å². The van der Waals surface area contributed by atoms with E-state index in [-0.39, 0.29) is 0 Å². The zero-order valence-corrected chi connectivity index (χ0v) is 47.2. The van der Waals surface area contributed by atoms with Crippen molar-refractivity contribution in [2.24, 2.45) is 0 Å². The summed E-state index contributed by atoms with van der Waals surface area (Å²) < 4.78 is 23.3. The van der Waals surface area contributed by atoms with Gasteiger partial charge in [-0.05, 0) is 0 Å². The molecule has 0 fully saturated rings. The van der Waals surface area contributed by atoms with Crippen molar-refractivity contribution in [3.05, 3.63) is 12.1 Å². The molecule has 0 saturated heterocycles. The van der Waals surface area contributed by atoms with Gasteiger partial charge in [-0.3, -0.25) is 0 Å². The summed E-state index contributed by atoms with van der Waals surface area (Å²) in [5.41, 5.74) is 3.40. The first-order valence-corrected chi connectivity index (χ1v) is 42.8. The van der Waals surface area contributed by atoms with E-state index in [9.17, 15) is 0 Å². The number of aromatic nitrogens is 1. The summed E-state index contributed by atoms with van der Waals surface area (Å²) in [5, 5.41) is 0. The van der Waals surface area contributed by atoms with Crippen LogP contribution >= 0.6 is 34.0 Å². The average molecular weight is 1050 g/mol. The van der Waals surface area contributed by atoms with Crippen LogP contribution in [0.4, 0.5) is 0 Å². The van der Waals surface area contributed by atoms with Gasteiger partial charge in [0.05, 0.1) is 0 Å². The number of thiophene rings is 3. The van der Waals surface area contributed by atoms with E-state index in [1.54, 1.807) is 56.5 Å². The van der Waals surface area contributed by atoms with Crippen molar-refractivity contribution in [3.63, 3.8) is 0 Å². The van der Waals surface area contributed by atoms with Crippen LogP contribution in [-0.2, 0) is 0 Å². The summed E-state index contributed by atoms with van der Waals surface area (Å²) in [6.07, 6.45) is 36.6. The third-order valence-electron chi connectivity index (χ3n) is 14.0. The minimum absolute atomic E-state index is 0.647. The van der Waals surface area contributed by atoms with Gasteiger partial charge in [0.2, 0.25) is 0 Å². The molecule has 0 aliphatic carbocycles. The van der Waals surface area contributed by atoms with Gasteiger partial charge in [0, 0.05) is 0 Å². The van der Waals surface area contributed by atoms with E-state index in [0.29, 0.717) is 6.04 Å². The summed E-state index contributed by atoms with van der Waals surface area (Å²) in [6.45, 7) is 19.4. The Labute approximate surface area is 374 Å². The zero-order valence-electron chi connectivity index (χ0n) is 39.0. The monoisotopic (exact) mass is 1050 g/mol. The van der Waals surface area contributed by atoms with Crippen LogP contribution in [0.5, 0.6) is 0 Å². The molecular weight excluding hydrogens is 960 g/mol. The molecule has 4 aromatic rings. The van der Waals surface area contributed by atoms with Gasteiger partial charge in [0.25, 0.3) is 0 Å². The van der Waals surface area contributed by atoms with Crippen LogP contribution in [0.2, 0.25) is 26.6 Å².